The fourth-order valence-electron chi connectivity index (χ4n) is 3.44. The van der Waals surface area contributed by atoms with Gasteiger partial charge in [0.2, 0.25) is 5.95 Å². The molecule has 104 valence electrons. The third kappa shape index (κ3) is 2.49. The lowest BCUT2D eigenvalue weighted by Gasteiger charge is -2.41. The van der Waals surface area contributed by atoms with Crippen LogP contribution in [0.3, 0.4) is 0 Å². The number of nitrogen functional groups attached to an aromatic ring is 1. The normalized spacial score (nSPS) is 26.9. The van der Waals surface area contributed by atoms with Crippen LogP contribution in [-0.4, -0.2) is 23.1 Å². The van der Waals surface area contributed by atoms with Gasteiger partial charge >= 0.3 is 0 Å². The lowest BCUT2D eigenvalue weighted by Crippen LogP contribution is -2.42. The minimum Gasteiger partial charge on any atom is -0.354 e. The van der Waals surface area contributed by atoms with Crippen molar-refractivity contribution in [1.82, 2.24) is 9.97 Å². The van der Waals surface area contributed by atoms with Crippen molar-refractivity contribution in [3.05, 3.63) is 12.0 Å². The molecule has 2 atom stereocenters. The number of hydrazine groups is 1. The van der Waals surface area contributed by atoms with Gasteiger partial charge in [0.1, 0.15) is 0 Å². The van der Waals surface area contributed by atoms with Crippen LogP contribution in [0.1, 0.15) is 32.1 Å². The van der Waals surface area contributed by atoms with E-state index < -0.39 is 0 Å². The second-order valence-corrected chi connectivity index (χ2v) is 5.55. The van der Waals surface area contributed by atoms with Gasteiger partial charge in [0.25, 0.3) is 0 Å². The Kier molecular flexibility index (Phi) is 3.50. The van der Waals surface area contributed by atoms with Crippen LogP contribution in [0.4, 0.5) is 16.2 Å². The number of nitrogens with two attached hydrogens (primary N) is 1. The largest absolute Gasteiger partial charge is 0.354 e. The van der Waals surface area contributed by atoms with E-state index in [9.17, 15) is 4.39 Å². The molecule has 5 nitrogen and oxygen atoms in total. The van der Waals surface area contributed by atoms with E-state index in [1.165, 1.54) is 31.9 Å². The highest BCUT2D eigenvalue weighted by atomic mass is 19.1. The van der Waals surface area contributed by atoms with E-state index in [2.05, 4.69) is 15.4 Å². The van der Waals surface area contributed by atoms with Crippen molar-refractivity contribution in [3.8, 4) is 0 Å². The molecule has 0 spiro atoms. The van der Waals surface area contributed by atoms with Gasteiger partial charge < -0.3 is 4.90 Å². The van der Waals surface area contributed by atoms with E-state index in [4.69, 9.17) is 5.84 Å². The van der Waals surface area contributed by atoms with Crippen LogP contribution < -0.4 is 16.2 Å². The van der Waals surface area contributed by atoms with E-state index in [0.29, 0.717) is 11.7 Å². The first kappa shape index (κ1) is 12.6. The molecular formula is C13H20FN5. The highest BCUT2D eigenvalue weighted by Crippen LogP contribution is 2.37. The zero-order chi connectivity index (χ0) is 13.2. The lowest BCUT2D eigenvalue weighted by atomic mass is 9.75. The maximum absolute atomic E-state index is 13.9. The summed E-state index contributed by atoms with van der Waals surface area (Å²) < 4.78 is 13.9. The van der Waals surface area contributed by atoms with Crippen molar-refractivity contribution >= 4 is 11.8 Å². The first-order valence-electron chi connectivity index (χ1n) is 7.02. The van der Waals surface area contributed by atoms with Gasteiger partial charge in [-0.05, 0) is 24.7 Å². The predicted molar refractivity (Wildman–Crippen MR) is 72.1 cm³/mol. The van der Waals surface area contributed by atoms with Crippen molar-refractivity contribution in [2.45, 2.75) is 32.1 Å². The first-order valence-corrected chi connectivity index (χ1v) is 7.02. The lowest BCUT2D eigenvalue weighted by molar-refractivity contribution is 0.201. The Morgan fingerprint density at radius 2 is 2.05 bits per heavy atom. The average Bonchev–Trinajstić information content (AvgIpc) is 2.47. The van der Waals surface area contributed by atoms with Crippen molar-refractivity contribution in [3.63, 3.8) is 0 Å². The molecule has 2 unspecified atom stereocenters. The number of nitrogens with one attached hydrogen (secondary N) is 1. The molecule has 0 bridgehead atoms. The number of fused-ring (bicyclic) bond motifs is 1. The summed E-state index contributed by atoms with van der Waals surface area (Å²) in [6.07, 6.45) is 7.57. The smallest absolute Gasteiger partial charge is 0.239 e. The van der Waals surface area contributed by atoms with Crippen molar-refractivity contribution in [1.29, 1.82) is 0 Å². The van der Waals surface area contributed by atoms with Gasteiger partial charge in [-0.25, -0.2) is 15.2 Å². The molecule has 2 fully saturated rings. The van der Waals surface area contributed by atoms with Crippen LogP contribution in [0, 0.1) is 17.7 Å². The molecule has 2 aliphatic rings. The first-order chi connectivity index (χ1) is 9.28. The fraction of sp³-hybridized carbons (Fsp3) is 0.692. The zero-order valence-corrected chi connectivity index (χ0v) is 11.0. The maximum atomic E-state index is 13.9. The van der Waals surface area contributed by atoms with Gasteiger partial charge in [0.05, 0.1) is 6.20 Å². The van der Waals surface area contributed by atoms with Gasteiger partial charge in [-0.3, -0.25) is 5.43 Å². The zero-order valence-electron chi connectivity index (χ0n) is 11.0. The summed E-state index contributed by atoms with van der Waals surface area (Å²) in [6.45, 7) is 1.78. The second-order valence-electron chi connectivity index (χ2n) is 5.55. The summed E-state index contributed by atoms with van der Waals surface area (Å²) in [6, 6.07) is 0. The van der Waals surface area contributed by atoms with Crippen LogP contribution in [-0.2, 0) is 0 Å². The summed E-state index contributed by atoms with van der Waals surface area (Å²) in [5.74, 6) is 7.08. The molecule has 1 saturated heterocycles. The van der Waals surface area contributed by atoms with Gasteiger partial charge in [0.15, 0.2) is 11.6 Å². The molecule has 0 aromatic carbocycles. The third-order valence-corrected chi connectivity index (χ3v) is 4.45. The number of hydrogen-bond acceptors (Lipinski definition) is 5. The Morgan fingerprint density at radius 1 is 1.26 bits per heavy atom. The van der Waals surface area contributed by atoms with Gasteiger partial charge in [-0.15, -0.1) is 0 Å². The van der Waals surface area contributed by atoms with Crippen LogP contribution in [0.5, 0.6) is 0 Å². The van der Waals surface area contributed by atoms with E-state index in [-0.39, 0.29) is 11.8 Å². The molecule has 0 radical (unpaired) electrons. The molecule has 0 amide bonds. The Bertz CT molecular complexity index is 453. The average molecular weight is 265 g/mol. The molecule has 6 heteroatoms. The number of aromatic nitrogens is 2. The third-order valence-electron chi connectivity index (χ3n) is 4.45. The number of hydrogen-bond donors (Lipinski definition) is 2. The molecule has 1 aromatic rings. The highest BCUT2D eigenvalue weighted by Gasteiger charge is 2.32. The quantitative estimate of drug-likeness (QED) is 0.631. The van der Waals surface area contributed by atoms with Gasteiger partial charge in [-0.2, -0.15) is 4.98 Å². The monoisotopic (exact) mass is 265 g/mol. The molecule has 3 rings (SSSR count). The highest BCUT2D eigenvalue weighted by molar-refractivity contribution is 5.44. The fourth-order valence-corrected chi connectivity index (χ4v) is 3.44. The number of anilines is 2. The van der Waals surface area contributed by atoms with Crippen LogP contribution in [0.15, 0.2) is 6.20 Å². The molecular weight excluding hydrogens is 245 g/mol. The minimum absolute atomic E-state index is 0.266. The summed E-state index contributed by atoms with van der Waals surface area (Å²) >= 11 is 0. The van der Waals surface area contributed by atoms with Crippen LogP contribution >= 0.6 is 0 Å². The number of nitrogens with zero attached hydrogens (tertiary/aromatic N) is 3. The number of rotatable bonds is 2. The van der Waals surface area contributed by atoms with Crippen molar-refractivity contribution in [2.75, 3.05) is 23.4 Å². The summed E-state index contributed by atoms with van der Waals surface area (Å²) in [4.78, 5) is 9.99. The molecule has 1 saturated carbocycles. The molecule has 1 aliphatic heterocycles. The molecule has 1 aromatic heterocycles. The molecule has 19 heavy (non-hydrogen) atoms. The number of piperidine rings is 1. The molecule has 2 heterocycles. The van der Waals surface area contributed by atoms with E-state index >= 15 is 0 Å². The predicted octanol–water partition coefficient (Wildman–Crippen LogP) is 1.92. The summed E-state index contributed by atoms with van der Waals surface area (Å²) in [7, 11) is 0. The maximum Gasteiger partial charge on any atom is 0.239 e. The molecule has 3 N–H and O–H groups in total. The van der Waals surface area contributed by atoms with Crippen molar-refractivity contribution in [2.24, 2.45) is 17.7 Å². The number of halogens is 1. The SMILES string of the molecule is NNc1ncc(F)c(N2CCC3CCCCC3C2)n1. The van der Waals surface area contributed by atoms with Crippen molar-refractivity contribution < 1.29 is 4.39 Å². The summed E-state index contributed by atoms with van der Waals surface area (Å²) in [5, 5.41) is 0. The van der Waals surface area contributed by atoms with E-state index in [1.807, 2.05) is 4.90 Å². The Balaban J connectivity index is 1.79. The Hall–Kier alpha value is -1.43. The van der Waals surface area contributed by atoms with Gasteiger partial charge in [-0.1, -0.05) is 19.3 Å². The molecule has 1 aliphatic carbocycles. The standard InChI is InChI=1S/C13H20FN5/c14-11-7-16-13(18-15)17-12(11)19-6-5-9-3-1-2-4-10(9)8-19/h7,9-10H,1-6,8,15H2,(H,16,17,18). The van der Waals surface area contributed by atoms with Crippen LogP contribution in [0.2, 0.25) is 0 Å². The van der Waals surface area contributed by atoms with E-state index in [0.717, 1.165) is 25.4 Å². The van der Waals surface area contributed by atoms with Gasteiger partial charge in [0, 0.05) is 13.1 Å². The second kappa shape index (κ2) is 5.28. The Labute approximate surface area is 112 Å². The topological polar surface area (TPSA) is 67.1 Å². The summed E-state index contributed by atoms with van der Waals surface area (Å²) in [5.41, 5.74) is 2.37. The van der Waals surface area contributed by atoms with E-state index in [1.54, 1.807) is 0 Å². The minimum atomic E-state index is -0.367. The van der Waals surface area contributed by atoms with Crippen LogP contribution in [0.25, 0.3) is 0 Å². The Morgan fingerprint density at radius 3 is 2.84 bits per heavy atom.